The van der Waals surface area contributed by atoms with Gasteiger partial charge < -0.3 is 9.64 Å². The lowest BCUT2D eigenvalue weighted by Gasteiger charge is -2.28. The van der Waals surface area contributed by atoms with Gasteiger partial charge in [0.25, 0.3) is 0 Å². The summed E-state index contributed by atoms with van der Waals surface area (Å²) in [4.78, 5) is 11.7. The fourth-order valence-corrected chi connectivity index (χ4v) is 3.03. The molecule has 0 saturated carbocycles. The third kappa shape index (κ3) is 2.55. The molecular formula is C18H19N5O. The fourth-order valence-electron chi connectivity index (χ4n) is 3.03. The molecule has 1 fully saturated rings. The number of nitrogens with zero attached hydrogens (tertiary/aromatic N) is 4. The molecule has 0 spiro atoms. The second-order valence-corrected chi connectivity index (χ2v) is 5.92. The highest BCUT2D eigenvalue weighted by molar-refractivity contribution is 5.98. The van der Waals surface area contributed by atoms with E-state index < -0.39 is 0 Å². The van der Waals surface area contributed by atoms with Crippen molar-refractivity contribution in [3.05, 3.63) is 42.7 Å². The van der Waals surface area contributed by atoms with E-state index in [0.29, 0.717) is 0 Å². The van der Waals surface area contributed by atoms with Gasteiger partial charge in [0.05, 0.1) is 13.2 Å². The molecule has 6 heteroatoms. The van der Waals surface area contributed by atoms with Crippen molar-refractivity contribution in [1.29, 1.82) is 0 Å². The first-order valence-electron chi connectivity index (χ1n) is 8.02. The van der Waals surface area contributed by atoms with E-state index in [1.54, 1.807) is 12.4 Å². The van der Waals surface area contributed by atoms with Gasteiger partial charge >= 0.3 is 0 Å². The second-order valence-electron chi connectivity index (χ2n) is 5.92. The van der Waals surface area contributed by atoms with Crippen molar-refractivity contribution in [2.24, 2.45) is 0 Å². The summed E-state index contributed by atoms with van der Waals surface area (Å²) in [5.74, 6) is 0.939. The third-order valence-corrected chi connectivity index (χ3v) is 4.25. The number of allylic oxidation sites excluding steroid dienone is 1. The molecule has 0 radical (unpaired) electrons. The molecule has 3 aromatic heterocycles. The monoisotopic (exact) mass is 321 g/mol. The van der Waals surface area contributed by atoms with Gasteiger partial charge in [0.1, 0.15) is 22.7 Å². The van der Waals surface area contributed by atoms with Gasteiger partial charge in [-0.25, -0.2) is 4.98 Å². The molecule has 0 aromatic carbocycles. The van der Waals surface area contributed by atoms with Crippen LogP contribution in [0.3, 0.4) is 0 Å². The Labute approximate surface area is 140 Å². The summed E-state index contributed by atoms with van der Waals surface area (Å²) in [5, 5.41) is 8.16. The number of hydrogen-bond donors (Lipinski definition) is 1. The summed E-state index contributed by atoms with van der Waals surface area (Å²) in [6.45, 7) is 9.29. The van der Waals surface area contributed by atoms with Crippen LogP contribution in [0.1, 0.15) is 12.5 Å². The first kappa shape index (κ1) is 14.8. The summed E-state index contributed by atoms with van der Waals surface area (Å²) in [5.41, 5.74) is 4.54. The number of morpholine rings is 1. The number of pyridine rings is 2. The average molecular weight is 321 g/mol. The van der Waals surface area contributed by atoms with Crippen molar-refractivity contribution >= 4 is 22.3 Å². The van der Waals surface area contributed by atoms with Gasteiger partial charge in [0, 0.05) is 30.9 Å². The maximum absolute atomic E-state index is 5.46. The normalized spacial score (nSPS) is 15.0. The molecule has 4 heterocycles. The van der Waals surface area contributed by atoms with E-state index in [-0.39, 0.29) is 0 Å². The van der Waals surface area contributed by atoms with E-state index in [4.69, 9.17) is 9.72 Å². The number of aromatic nitrogens is 4. The summed E-state index contributed by atoms with van der Waals surface area (Å²) in [7, 11) is 0. The number of anilines is 1. The zero-order valence-electron chi connectivity index (χ0n) is 13.6. The van der Waals surface area contributed by atoms with Crippen LogP contribution in [0.25, 0.3) is 27.9 Å². The van der Waals surface area contributed by atoms with Crippen LogP contribution in [0.2, 0.25) is 0 Å². The Morgan fingerprint density at radius 1 is 1.29 bits per heavy atom. The number of ether oxygens (including phenoxy) is 1. The minimum atomic E-state index is 0.724. The molecule has 3 aromatic rings. The summed E-state index contributed by atoms with van der Waals surface area (Å²) < 4.78 is 5.46. The van der Waals surface area contributed by atoms with E-state index >= 15 is 0 Å². The molecule has 1 aliphatic rings. The van der Waals surface area contributed by atoms with Crippen molar-refractivity contribution in [1.82, 2.24) is 20.2 Å². The molecule has 0 amide bonds. The Morgan fingerprint density at radius 3 is 2.83 bits per heavy atom. The first-order chi connectivity index (χ1) is 11.7. The average Bonchev–Trinajstić information content (AvgIpc) is 3.15. The summed E-state index contributed by atoms with van der Waals surface area (Å²) >= 11 is 0. The molecule has 1 aliphatic heterocycles. The van der Waals surface area contributed by atoms with Gasteiger partial charge in [-0.2, -0.15) is 5.10 Å². The van der Waals surface area contributed by atoms with Crippen LogP contribution in [0.15, 0.2) is 37.2 Å². The molecule has 122 valence electrons. The zero-order chi connectivity index (χ0) is 16.5. The molecule has 0 aliphatic carbocycles. The van der Waals surface area contributed by atoms with Crippen LogP contribution < -0.4 is 4.90 Å². The van der Waals surface area contributed by atoms with Crippen molar-refractivity contribution in [3.8, 4) is 11.4 Å². The van der Waals surface area contributed by atoms with E-state index in [9.17, 15) is 0 Å². The van der Waals surface area contributed by atoms with Crippen molar-refractivity contribution in [2.75, 3.05) is 31.2 Å². The van der Waals surface area contributed by atoms with Gasteiger partial charge in [-0.05, 0) is 30.7 Å². The molecule has 6 nitrogen and oxygen atoms in total. The third-order valence-electron chi connectivity index (χ3n) is 4.25. The molecule has 0 unspecified atom stereocenters. The van der Waals surface area contributed by atoms with Gasteiger partial charge in [0.15, 0.2) is 0 Å². The van der Waals surface area contributed by atoms with E-state index in [1.807, 2.05) is 19.1 Å². The van der Waals surface area contributed by atoms with E-state index in [0.717, 1.165) is 65.5 Å². The Kier molecular flexibility index (Phi) is 3.74. The zero-order valence-corrected chi connectivity index (χ0v) is 13.6. The largest absolute Gasteiger partial charge is 0.378 e. The molecule has 1 N–H and O–H groups in total. The van der Waals surface area contributed by atoms with Crippen molar-refractivity contribution < 1.29 is 4.74 Å². The van der Waals surface area contributed by atoms with Gasteiger partial charge in [-0.3, -0.25) is 10.1 Å². The molecule has 0 bridgehead atoms. The van der Waals surface area contributed by atoms with Crippen molar-refractivity contribution in [2.45, 2.75) is 6.92 Å². The predicted octanol–water partition coefficient (Wildman–Crippen LogP) is 2.89. The lowest BCUT2D eigenvalue weighted by molar-refractivity contribution is 0.122. The van der Waals surface area contributed by atoms with Crippen LogP contribution in [0.4, 0.5) is 5.82 Å². The Bertz CT molecular complexity index is 882. The highest BCUT2D eigenvalue weighted by Gasteiger charge is 2.18. The molecule has 1 saturated heterocycles. The summed E-state index contributed by atoms with van der Waals surface area (Å²) in [6.07, 6.45) is 3.59. The number of aromatic amines is 1. The van der Waals surface area contributed by atoms with Gasteiger partial charge in [-0.1, -0.05) is 12.2 Å². The SMILES string of the molecule is C=C(C)c1cc(N2CCOCC2)nc2c(-c3cc[nH]n3)nccc12. The Balaban J connectivity index is 1.95. The maximum atomic E-state index is 5.46. The van der Waals surface area contributed by atoms with E-state index in [1.165, 1.54) is 0 Å². The van der Waals surface area contributed by atoms with Crippen LogP contribution in [-0.4, -0.2) is 46.5 Å². The van der Waals surface area contributed by atoms with E-state index in [2.05, 4.69) is 32.7 Å². The van der Waals surface area contributed by atoms with Crippen LogP contribution in [0, 0.1) is 0 Å². The van der Waals surface area contributed by atoms with Crippen molar-refractivity contribution in [3.63, 3.8) is 0 Å². The smallest absolute Gasteiger partial charge is 0.130 e. The second kappa shape index (κ2) is 6.05. The van der Waals surface area contributed by atoms with Gasteiger partial charge in [-0.15, -0.1) is 0 Å². The lowest BCUT2D eigenvalue weighted by atomic mass is 10.0. The van der Waals surface area contributed by atoms with Crippen LogP contribution in [0.5, 0.6) is 0 Å². The standard InChI is InChI=1S/C18H19N5O/c1-12(2)14-11-16(23-7-9-24-10-8-23)21-17-13(14)3-5-19-18(17)15-4-6-20-22-15/h3-6,11H,1,7-10H2,2H3,(H,20,22). The minimum Gasteiger partial charge on any atom is -0.378 e. The number of nitrogens with one attached hydrogen (secondary N) is 1. The number of fused-ring (bicyclic) bond motifs is 1. The quantitative estimate of drug-likeness (QED) is 0.803. The summed E-state index contributed by atoms with van der Waals surface area (Å²) in [6, 6.07) is 6.02. The van der Waals surface area contributed by atoms with Gasteiger partial charge in [0.2, 0.25) is 0 Å². The number of hydrogen-bond acceptors (Lipinski definition) is 5. The highest BCUT2D eigenvalue weighted by atomic mass is 16.5. The fraction of sp³-hybridized carbons (Fsp3) is 0.278. The highest BCUT2D eigenvalue weighted by Crippen LogP contribution is 2.32. The minimum absolute atomic E-state index is 0.724. The number of H-pyrrole nitrogens is 1. The predicted molar refractivity (Wildman–Crippen MR) is 94.9 cm³/mol. The lowest BCUT2D eigenvalue weighted by Crippen LogP contribution is -2.36. The number of rotatable bonds is 3. The maximum Gasteiger partial charge on any atom is 0.130 e. The topological polar surface area (TPSA) is 66.9 Å². The molecule has 4 rings (SSSR count). The first-order valence-corrected chi connectivity index (χ1v) is 8.02. The molecular weight excluding hydrogens is 302 g/mol. The molecule has 0 atom stereocenters. The van der Waals surface area contributed by atoms with Crippen LogP contribution in [-0.2, 0) is 4.74 Å². The Hall–Kier alpha value is -2.73. The molecule has 24 heavy (non-hydrogen) atoms. The van der Waals surface area contributed by atoms with Crippen LogP contribution >= 0.6 is 0 Å². The Morgan fingerprint density at radius 2 is 2.12 bits per heavy atom.